The molecule has 1 aromatic rings. The number of rotatable bonds is 3. The van der Waals surface area contributed by atoms with Crippen molar-refractivity contribution in [2.75, 3.05) is 6.26 Å². The summed E-state index contributed by atoms with van der Waals surface area (Å²) in [5.74, 6) is -0.00781. The van der Waals surface area contributed by atoms with Gasteiger partial charge in [-0.25, -0.2) is 8.42 Å². The Labute approximate surface area is 106 Å². The van der Waals surface area contributed by atoms with Crippen molar-refractivity contribution < 1.29 is 21.0 Å². The maximum atomic E-state index is 11.0. The summed E-state index contributed by atoms with van der Waals surface area (Å²) < 4.78 is 48.4. The van der Waals surface area contributed by atoms with Gasteiger partial charge in [0.1, 0.15) is 0 Å². The third-order valence-electron chi connectivity index (χ3n) is 1.43. The lowest BCUT2D eigenvalue weighted by Gasteiger charge is -2.05. The molecule has 0 unspecified atom stereocenters. The summed E-state index contributed by atoms with van der Waals surface area (Å²) in [6, 6.07) is 3.50. The molecule has 0 spiro atoms. The first-order valence-corrected chi connectivity index (χ1v) is 8.65. The van der Waals surface area contributed by atoms with Crippen LogP contribution in [-0.4, -0.2) is 23.1 Å². The van der Waals surface area contributed by atoms with Crippen molar-refractivity contribution in [1.29, 1.82) is 0 Å². The van der Waals surface area contributed by atoms with Gasteiger partial charge in [-0.05, 0) is 34.1 Å². The molecule has 0 aliphatic carbocycles. The second-order valence-electron chi connectivity index (χ2n) is 2.82. The molecule has 0 saturated carbocycles. The van der Waals surface area contributed by atoms with Crippen LogP contribution in [0.25, 0.3) is 0 Å². The van der Waals surface area contributed by atoms with E-state index in [0.717, 1.165) is 18.4 Å². The molecule has 0 aliphatic rings. The van der Waals surface area contributed by atoms with E-state index in [9.17, 15) is 16.8 Å². The second kappa shape index (κ2) is 4.52. The Morgan fingerprint density at radius 2 is 1.81 bits per heavy atom. The lowest BCUT2D eigenvalue weighted by Crippen LogP contribution is -2.06. The fraction of sp³-hybridized carbons (Fsp3) is 0.143. The van der Waals surface area contributed by atoms with E-state index in [1.54, 1.807) is 0 Å². The standard InChI is InChI=1S/C7H6BrClO5S2/c1-15(10,11)14-7-3-2-5(4-6(7)8)16(9,12)13/h2-4H,1H3. The average molecular weight is 350 g/mol. The van der Waals surface area contributed by atoms with Crippen LogP contribution in [0.2, 0.25) is 0 Å². The first kappa shape index (κ1) is 13.8. The maximum absolute atomic E-state index is 11.0. The first-order valence-electron chi connectivity index (χ1n) is 3.73. The van der Waals surface area contributed by atoms with Gasteiger partial charge in [-0.3, -0.25) is 0 Å². The summed E-state index contributed by atoms with van der Waals surface area (Å²) in [7, 11) is -2.40. The number of halogens is 2. The van der Waals surface area contributed by atoms with Crippen molar-refractivity contribution in [2.24, 2.45) is 0 Å². The predicted octanol–water partition coefficient (Wildman–Crippen LogP) is 1.72. The predicted molar refractivity (Wildman–Crippen MR) is 62.7 cm³/mol. The van der Waals surface area contributed by atoms with E-state index in [1.807, 2.05) is 0 Å². The van der Waals surface area contributed by atoms with Gasteiger partial charge in [-0.2, -0.15) is 8.42 Å². The van der Waals surface area contributed by atoms with E-state index in [2.05, 4.69) is 20.1 Å². The second-order valence-corrected chi connectivity index (χ2v) is 7.81. The monoisotopic (exact) mass is 348 g/mol. The van der Waals surface area contributed by atoms with Crippen molar-refractivity contribution in [3.63, 3.8) is 0 Å². The van der Waals surface area contributed by atoms with Gasteiger partial charge in [-0.15, -0.1) is 0 Å². The third kappa shape index (κ3) is 3.93. The largest absolute Gasteiger partial charge is 0.381 e. The molecule has 0 aromatic heterocycles. The molecule has 0 saturated heterocycles. The zero-order valence-corrected chi connectivity index (χ0v) is 11.8. The molecule has 0 radical (unpaired) electrons. The molecule has 0 fully saturated rings. The van der Waals surface area contributed by atoms with E-state index >= 15 is 0 Å². The van der Waals surface area contributed by atoms with E-state index in [0.29, 0.717) is 0 Å². The highest BCUT2D eigenvalue weighted by atomic mass is 79.9. The zero-order valence-electron chi connectivity index (χ0n) is 7.85. The number of benzene rings is 1. The van der Waals surface area contributed by atoms with Gasteiger partial charge in [0.25, 0.3) is 9.05 Å². The summed E-state index contributed by atoms with van der Waals surface area (Å²) in [6.45, 7) is 0. The summed E-state index contributed by atoms with van der Waals surface area (Å²) in [6.07, 6.45) is 0.881. The molecule has 0 heterocycles. The lowest BCUT2D eigenvalue weighted by molar-refractivity contribution is 0.491. The Bertz CT molecular complexity index is 608. The molecule has 0 atom stereocenters. The fourth-order valence-electron chi connectivity index (χ4n) is 0.864. The van der Waals surface area contributed by atoms with E-state index in [-0.39, 0.29) is 15.1 Å². The summed E-state index contributed by atoms with van der Waals surface area (Å²) >= 11 is 2.98. The van der Waals surface area contributed by atoms with Gasteiger partial charge in [0.05, 0.1) is 15.6 Å². The van der Waals surface area contributed by atoms with Crippen molar-refractivity contribution in [3.05, 3.63) is 22.7 Å². The molecular formula is C7H6BrClO5S2. The van der Waals surface area contributed by atoms with Crippen LogP contribution >= 0.6 is 26.6 Å². The Hall–Kier alpha value is -0.310. The Balaban J connectivity index is 3.21. The molecular weight excluding hydrogens is 344 g/mol. The molecule has 0 N–H and O–H groups in total. The molecule has 0 amide bonds. The first-order chi connectivity index (χ1) is 7.09. The molecule has 16 heavy (non-hydrogen) atoms. The lowest BCUT2D eigenvalue weighted by atomic mass is 10.3. The zero-order chi connectivity index (χ0) is 12.6. The topological polar surface area (TPSA) is 77.5 Å². The van der Waals surface area contributed by atoms with Gasteiger partial charge in [-0.1, -0.05) is 0 Å². The van der Waals surface area contributed by atoms with Crippen LogP contribution in [0.4, 0.5) is 0 Å². The van der Waals surface area contributed by atoms with Crippen molar-refractivity contribution in [3.8, 4) is 5.75 Å². The average Bonchev–Trinajstić information content (AvgIpc) is 2.04. The van der Waals surface area contributed by atoms with E-state index in [1.165, 1.54) is 6.07 Å². The normalized spacial score (nSPS) is 12.4. The number of hydrogen-bond acceptors (Lipinski definition) is 5. The van der Waals surface area contributed by atoms with Gasteiger partial charge >= 0.3 is 10.1 Å². The summed E-state index contributed by atoms with van der Waals surface area (Å²) in [5.41, 5.74) is 0. The minimum Gasteiger partial charge on any atom is -0.381 e. The van der Waals surface area contributed by atoms with Crippen LogP contribution < -0.4 is 4.18 Å². The van der Waals surface area contributed by atoms with Gasteiger partial charge in [0, 0.05) is 10.7 Å². The molecule has 1 aromatic carbocycles. The van der Waals surface area contributed by atoms with Gasteiger partial charge < -0.3 is 4.18 Å². The maximum Gasteiger partial charge on any atom is 0.306 e. The minimum atomic E-state index is -3.85. The van der Waals surface area contributed by atoms with E-state index in [4.69, 9.17) is 10.7 Å². The van der Waals surface area contributed by atoms with Crippen LogP contribution in [0, 0.1) is 0 Å². The summed E-state index contributed by atoms with van der Waals surface area (Å²) in [4.78, 5) is -0.151. The molecule has 0 bridgehead atoms. The van der Waals surface area contributed by atoms with Crippen molar-refractivity contribution >= 4 is 45.8 Å². The highest BCUT2D eigenvalue weighted by Gasteiger charge is 2.14. The van der Waals surface area contributed by atoms with Crippen LogP contribution in [0.5, 0.6) is 5.75 Å². The smallest absolute Gasteiger partial charge is 0.306 e. The van der Waals surface area contributed by atoms with Crippen LogP contribution in [-0.2, 0) is 19.2 Å². The van der Waals surface area contributed by atoms with Gasteiger partial charge in [0.15, 0.2) is 5.75 Å². The molecule has 90 valence electrons. The number of hydrogen-bond donors (Lipinski definition) is 0. The Morgan fingerprint density at radius 3 is 2.19 bits per heavy atom. The van der Waals surface area contributed by atoms with Gasteiger partial charge in [0.2, 0.25) is 0 Å². The summed E-state index contributed by atoms with van der Waals surface area (Å²) in [5, 5.41) is 0. The molecule has 0 aliphatic heterocycles. The van der Waals surface area contributed by atoms with Crippen molar-refractivity contribution in [2.45, 2.75) is 4.90 Å². The highest BCUT2D eigenvalue weighted by molar-refractivity contribution is 9.10. The Kier molecular flexibility index (Phi) is 3.88. The van der Waals surface area contributed by atoms with Crippen molar-refractivity contribution in [1.82, 2.24) is 0 Å². The molecule has 5 nitrogen and oxygen atoms in total. The SMILES string of the molecule is CS(=O)(=O)Oc1ccc(S(=O)(=O)Cl)cc1Br. The van der Waals surface area contributed by atoms with Crippen LogP contribution in [0.15, 0.2) is 27.6 Å². The minimum absolute atomic E-state index is 0.00781. The Morgan fingerprint density at radius 1 is 1.25 bits per heavy atom. The highest BCUT2D eigenvalue weighted by Crippen LogP contribution is 2.29. The fourth-order valence-corrected chi connectivity index (χ4v) is 2.83. The molecule has 9 heteroatoms. The van der Waals surface area contributed by atoms with E-state index < -0.39 is 19.2 Å². The third-order valence-corrected chi connectivity index (χ3v) is 3.88. The van der Waals surface area contributed by atoms with Crippen LogP contribution in [0.3, 0.4) is 0 Å². The van der Waals surface area contributed by atoms with Crippen LogP contribution in [0.1, 0.15) is 0 Å². The molecule has 1 rings (SSSR count). The quantitative estimate of drug-likeness (QED) is 0.613.